The second-order valence-corrected chi connectivity index (χ2v) is 3.15. The highest BCUT2D eigenvalue weighted by molar-refractivity contribution is 5.67. The van der Waals surface area contributed by atoms with Gasteiger partial charge in [0.05, 0.1) is 6.61 Å². The van der Waals surface area contributed by atoms with Gasteiger partial charge >= 0.3 is 6.09 Å². The molecule has 0 aliphatic heterocycles. The summed E-state index contributed by atoms with van der Waals surface area (Å²) < 4.78 is 9.99. The molecule has 0 aromatic heterocycles. The van der Waals surface area contributed by atoms with Gasteiger partial charge in [0, 0.05) is 7.11 Å². The number of ether oxygens (including phenoxy) is 2. The molecule has 0 radical (unpaired) electrons. The Labute approximate surface area is 86.0 Å². The Morgan fingerprint density at radius 2 is 2.07 bits per heavy atom. The van der Waals surface area contributed by atoms with Crippen molar-refractivity contribution >= 4 is 6.09 Å². The minimum absolute atomic E-state index is 0.228. The van der Waals surface area contributed by atoms with Crippen LogP contribution in [0, 0.1) is 0 Å². The molecule has 0 aromatic carbocycles. The third-order valence-electron chi connectivity index (χ3n) is 1.85. The Morgan fingerprint density at radius 1 is 1.36 bits per heavy atom. The van der Waals surface area contributed by atoms with Crippen LogP contribution in [0.25, 0.3) is 0 Å². The molecule has 0 aromatic rings. The maximum Gasteiger partial charge on any atom is 0.409 e. The van der Waals surface area contributed by atoms with E-state index in [1.807, 2.05) is 6.92 Å². The lowest BCUT2D eigenvalue weighted by Crippen LogP contribution is -2.36. The fourth-order valence-electron chi connectivity index (χ4n) is 0.993. The Hall–Kier alpha value is -0.770. The molecule has 0 saturated carbocycles. The van der Waals surface area contributed by atoms with Crippen molar-refractivity contribution in [2.24, 2.45) is 0 Å². The minimum atomic E-state index is -0.390. The molecule has 14 heavy (non-hydrogen) atoms. The monoisotopic (exact) mass is 203 g/mol. The molecule has 1 atom stereocenters. The molecule has 1 amide bonds. The lowest BCUT2D eigenvalue weighted by Gasteiger charge is -2.15. The summed E-state index contributed by atoms with van der Waals surface area (Å²) in [6.45, 7) is 4.57. The molecule has 1 N–H and O–H groups in total. The lowest BCUT2D eigenvalue weighted by atomic mass is 10.3. The molecule has 84 valence electrons. The minimum Gasteiger partial charge on any atom is -0.450 e. The molecule has 0 spiro atoms. The Morgan fingerprint density at radius 3 is 2.57 bits per heavy atom. The van der Waals surface area contributed by atoms with E-state index in [0.717, 1.165) is 25.7 Å². The summed E-state index contributed by atoms with van der Waals surface area (Å²) in [5, 5.41) is 2.64. The van der Waals surface area contributed by atoms with Gasteiger partial charge < -0.3 is 9.47 Å². The first-order valence-electron chi connectivity index (χ1n) is 5.20. The van der Waals surface area contributed by atoms with Crippen LogP contribution in [0.4, 0.5) is 4.79 Å². The SMILES string of the molecule is CCCCOC(=O)NC(CCC)OC. The van der Waals surface area contributed by atoms with E-state index < -0.39 is 6.09 Å². The van der Waals surface area contributed by atoms with Crippen LogP contribution in [0.15, 0.2) is 0 Å². The Kier molecular flexibility index (Phi) is 8.33. The van der Waals surface area contributed by atoms with Crippen molar-refractivity contribution in [1.29, 1.82) is 0 Å². The number of alkyl carbamates (subject to hydrolysis) is 1. The number of hydrogen-bond acceptors (Lipinski definition) is 3. The van der Waals surface area contributed by atoms with Crippen molar-refractivity contribution in [2.75, 3.05) is 13.7 Å². The maximum atomic E-state index is 11.1. The van der Waals surface area contributed by atoms with E-state index in [1.165, 1.54) is 0 Å². The molecular formula is C10H21NO3. The first-order valence-corrected chi connectivity index (χ1v) is 5.20. The first-order chi connectivity index (χ1) is 6.74. The maximum absolute atomic E-state index is 11.1. The Bertz CT molecular complexity index is 150. The second kappa shape index (κ2) is 8.81. The van der Waals surface area contributed by atoms with Crippen molar-refractivity contribution in [1.82, 2.24) is 5.32 Å². The number of nitrogens with one attached hydrogen (secondary N) is 1. The fourth-order valence-corrected chi connectivity index (χ4v) is 0.993. The quantitative estimate of drug-likeness (QED) is 0.510. The van der Waals surface area contributed by atoms with Gasteiger partial charge in [-0.1, -0.05) is 26.7 Å². The average Bonchev–Trinajstić information content (AvgIpc) is 2.17. The predicted octanol–water partition coefficient (Wildman–Crippen LogP) is 2.29. The number of carbonyl (C=O) groups is 1. The van der Waals surface area contributed by atoms with Gasteiger partial charge in [-0.05, 0) is 12.8 Å². The molecule has 0 heterocycles. The van der Waals surface area contributed by atoms with E-state index >= 15 is 0 Å². The number of hydrogen-bond donors (Lipinski definition) is 1. The standard InChI is InChI=1S/C10H21NO3/c1-4-6-8-14-10(12)11-9(13-3)7-5-2/h9H,4-8H2,1-3H3,(H,11,12). The summed E-state index contributed by atoms with van der Waals surface area (Å²) in [4.78, 5) is 11.1. The third kappa shape index (κ3) is 6.71. The molecule has 0 aliphatic rings. The molecule has 0 rings (SSSR count). The zero-order valence-corrected chi connectivity index (χ0v) is 9.34. The summed E-state index contributed by atoms with van der Waals surface area (Å²) >= 11 is 0. The summed E-state index contributed by atoms with van der Waals surface area (Å²) in [6, 6.07) is 0. The van der Waals surface area contributed by atoms with Gasteiger partial charge in [0.15, 0.2) is 0 Å². The highest BCUT2D eigenvalue weighted by Crippen LogP contribution is 1.97. The van der Waals surface area contributed by atoms with E-state index in [0.29, 0.717) is 6.61 Å². The Balaban J connectivity index is 3.56. The van der Waals surface area contributed by atoms with Crippen LogP contribution in [0.2, 0.25) is 0 Å². The number of rotatable bonds is 7. The number of carbonyl (C=O) groups excluding carboxylic acids is 1. The van der Waals surface area contributed by atoms with Crippen molar-refractivity contribution < 1.29 is 14.3 Å². The molecule has 0 saturated heterocycles. The predicted molar refractivity (Wildman–Crippen MR) is 55.1 cm³/mol. The van der Waals surface area contributed by atoms with Crippen LogP contribution in [-0.4, -0.2) is 26.0 Å². The molecule has 1 unspecified atom stereocenters. The van der Waals surface area contributed by atoms with E-state index in [2.05, 4.69) is 12.2 Å². The number of amides is 1. The zero-order chi connectivity index (χ0) is 10.8. The molecule has 0 bridgehead atoms. The third-order valence-corrected chi connectivity index (χ3v) is 1.85. The molecule has 0 fully saturated rings. The number of unbranched alkanes of at least 4 members (excludes halogenated alkanes) is 1. The fraction of sp³-hybridized carbons (Fsp3) is 0.900. The van der Waals surface area contributed by atoms with E-state index in [4.69, 9.17) is 9.47 Å². The van der Waals surface area contributed by atoms with Crippen LogP contribution in [-0.2, 0) is 9.47 Å². The molecule has 0 aliphatic carbocycles. The normalized spacial score (nSPS) is 12.2. The average molecular weight is 203 g/mol. The van der Waals surface area contributed by atoms with Crippen molar-refractivity contribution in [3.63, 3.8) is 0 Å². The molecule has 4 nitrogen and oxygen atoms in total. The topological polar surface area (TPSA) is 47.6 Å². The number of methoxy groups -OCH3 is 1. The molecule has 4 heteroatoms. The second-order valence-electron chi connectivity index (χ2n) is 3.15. The van der Waals surface area contributed by atoms with Crippen molar-refractivity contribution in [3.05, 3.63) is 0 Å². The van der Waals surface area contributed by atoms with Gasteiger partial charge in [-0.2, -0.15) is 0 Å². The summed E-state index contributed by atoms with van der Waals surface area (Å²) in [6.07, 6.45) is 3.08. The highest BCUT2D eigenvalue weighted by atomic mass is 16.6. The van der Waals surface area contributed by atoms with Crippen LogP contribution >= 0.6 is 0 Å². The van der Waals surface area contributed by atoms with Crippen molar-refractivity contribution in [3.8, 4) is 0 Å². The van der Waals surface area contributed by atoms with Gasteiger partial charge in [0.2, 0.25) is 0 Å². The van der Waals surface area contributed by atoms with Crippen molar-refractivity contribution in [2.45, 2.75) is 45.8 Å². The van der Waals surface area contributed by atoms with Gasteiger partial charge in [0.1, 0.15) is 6.23 Å². The van der Waals surface area contributed by atoms with Gasteiger partial charge in [-0.15, -0.1) is 0 Å². The summed E-state index contributed by atoms with van der Waals surface area (Å²) in [5.41, 5.74) is 0. The van der Waals surface area contributed by atoms with E-state index in [-0.39, 0.29) is 6.23 Å². The van der Waals surface area contributed by atoms with E-state index in [1.54, 1.807) is 7.11 Å². The zero-order valence-electron chi connectivity index (χ0n) is 9.34. The summed E-state index contributed by atoms with van der Waals surface area (Å²) in [5.74, 6) is 0. The van der Waals surface area contributed by atoms with Crippen LogP contribution in [0.1, 0.15) is 39.5 Å². The largest absolute Gasteiger partial charge is 0.450 e. The smallest absolute Gasteiger partial charge is 0.409 e. The highest BCUT2D eigenvalue weighted by Gasteiger charge is 2.10. The molecular weight excluding hydrogens is 182 g/mol. The van der Waals surface area contributed by atoms with Crippen LogP contribution in [0.3, 0.4) is 0 Å². The van der Waals surface area contributed by atoms with Gasteiger partial charge in [-0.25, -0.2) is 4.79 Å². The first kappa shape index (κ1) is 13.2. The van der Waals surface area contributed by atoms with Crippen LogP contribution < -0.4 is 5.32 Å². The van der Waals surface area contributed by atoms with E-state index in [9.17, 15) is 4.79 Å². The van der Waals surface area contributed by atoms with Gasteiger partial charge in [0.25, 0.3) is 0 Å². The van der Waals surface area contributed by atoms with Crippen LogP contribution in [0.5, 0.6) is 0 Å². The summed E-state index contributed by atoms with van der Waals surface area (Å²) in [7, 11) is 1.58. The van der Waals surface area contributed by atoms with Gasteiger partial charge in [-0.3, -0.25) is 5.32 Å². The lowest BCUT2D eigenvalue weighted by molar-refractivity contribution is 0.0556.